The predicted octanol–water partition coefficient (Wildman–Crippen LogP) is 2.23. The Morgan fingerprint density at radius 2 is 2.19 bits per heavy atom. The minimum absolute atomic E-state index is 0.218. The van der Waals surface area contributed by atoms with Crippen LogP contribution in [0.15, 0.2) is 28.7 Å². The SMILES string of the molecule is OC(COc1ccc(Br)cc1)C1CCOC1. The summed E-state index contributed by atoms with van der Waals surface area (Å²) in [5.41, 5.74) is 0. The first-order valence-electron chi connectivity index (χ1n) is 5.40. The van der Waals surface area contributed by atoms with Crippen LogP contribution in [0.1, 0.15) is 6.42 Å². The van der Waals surface area contributed by atoms with Gasteiger partial charge in [0.05, 0.1) is 12.7 Å². The van der Waals surface area contributed by atoms with Crippen molar-refractivity contribution in [3.05, 3.63) is 28.7 Å². The summed E-state index contributed by atoms with van der Waals surface area (Å²) in [5.74, 6) is 0.997. The molecule has 16 heavy (non-hydrogen) atoms. The number of rotatable bonds is 4. The van der Waals surface area contributed by atoms with E-state index in [1.54, 1.807) is 0 Å². The van der Waals surface area contributed by atoms with Crippen LogP contribution in [-0.4, -0.2) is 31.0 Å². The lowest BCUT2D eigenvalue weighted by Gasteiger charge is -2.16. The second-order valence-electron chi connectivity index (χ2n) is 3.96. The highest BCUT2D eigenvalue weighted by Crippen LogP contribution is 2.19. The summed E-state index contributed by atoms with van der Waals surface area (Å²) in [4.78, 5) is 0. The van der Waals surface area contributed by atoms with Crippen LogP contribution in [-0.2, 0) is 4.74 Å². The molecule has 2 atom stereocenters. The fraction of sp³-hybridized carbons (Fsp3) is 0.500. The molecule has 1 fully saturated rings. The zero-order valence-electron chi connectivity index (χ0n) is 8.93. The Hall–Kier alpha value is -0.580. The third-order valence-corrected chi connectivity index (χ3v) is 3.27. The molecular weight excluding hydrogens is 272 g/mol. The lowest BCUT2D eigenvalue weighted by atomic mass is 10.0. The molecular formula is C12H15BrO3. The van der Waals surface area contributed by atoms with Crippen molar-refractivity contribution < 1.29 is 14.6 Å². The highest BCUT2D eigenvalue weighted by atomic mass is 79.9. The summed E-state index contributed by atoms with van der Waals surface area (Å²) in [6.07, 6.45) is 0.483. The van der Waals surface area contributed by atoms with Crippen LogP contribution >= 0.6 is 15.9 Å². The van der Waals surface area contributed by atoms with Gasteiger partial charge in [0.1, 0.15) is 12.4 Å². The normalized spacial score (nSPS) is 22.0. The third-order valence-electron chi connectivity index (χ3n) is 2.74. The maximum Gasteiger partial charge on any atom is 0.119 e. The number of aliphatic hydroxyl groups excluding tert-OH is 1. The Morgan fingerprint density at radius 3 is 2.81 bits per heavy atom. The molecule has 4 heteroatoms. The molecule has 1 aromatic rings. The zero-order valence-corrected chi connectivity index (χ0v) is 10.5. The van der Waals surface area contributed by atoms with E-state index in [4.69, 9.17) is 9.47 Å². The molecule has 1 N–H and O–H groups in total. The standard InChI is InChI=1S/C12H15BrO3/c13-10-1-3-11(4-2-10)16-8-12(14)9-5-6-15-7-9/h1-4,9,12,14H,5-8H2. The van der Waals surface area contributed by atoms with E-state index in [1.165, 1.54) is 0 Å². The molecule has 2 unspecified atom stereocenters. The predicted molar refractivity (Wildman–Crippen MR) is 64.6 cm³/mol. The first-order chi connectivity index (χ1) is 7.75. The molecule has 1 aliphatic rings. The molecule has 0 saturated carbocycles. The van der Waals surface area contributed by atoms with Gasteiger partial charge in [-0.05, 0) is 30.7 Å². The summed E-state index contributed by atoms with van der Waals surface area (Å²) in [7, 11) is 0. The fourth-order valence-electron chi connectivity index (χ4n) is 1.70. The van der Waals surface area contributed by atoms with E-state index >= 15 is 0 Å². The van der Waals surface area contributed by atoms with E-state index in [2.05, 4.69) is 15.9 Å². The van der Waals surface area contributed by atoms with E-state index in [0.29, 0.717) is 13.2 Å². The van der Waals surface area contributed by atoms with Crippen molar-refractivity contribution in [1.82, 2.24) is 0 Å². The lowest BCUT2D eigenvalue weighted by molar-refractivity contribution is 0.0499. The van der Waals surface area contributed by atoms with Crippen LogP contribution in [0.2, 0.25) is 0 Å². The Bertz CT molecular complexity index is 320. The van der Waals surface area contributed by atoms with Crippen LogP contribution in [0.5, 0.6) is 5.75 Å². The van der Waals surface area contributed by atoms with Crippen LogP contribution in [0.3, 0.4) is 0 Å². The van der Waals surface area contributed by atoms with E-state index < -0.39 is 6.10 Å². The molecule has 1 heterocycles. The molecule has 0 aromatic heterocycles. The zero-order chi connectivity index (χ0) is 11.4. The maximum absolute atomic E-state index is 9.85. The average molecular weight is 287 g/mol. The van der Waals surface area contributed by atoms with Gasteiger partial charge in [-0.15, -0.1) is 0 Å². The van der Waals surface area contributed by atoms with Crippen LogP contribution in [0.4, 0.5) is 0 Å². The van der Waals surface area contributed by atoms with Crippen LogP contribution in [0, 0.1) is 5.92 Å². The van der Waals surface area contributed by atoms with Crippen molar-refractivity contribution in [2.24, 2.45) is 5.92 Å². The highest BCUT2D eigenvalue weighted by molar-refractivity contribution is 9.10. The molecule has 1 aromatic carbocycles. The maximum atomic E-state index is 9.85. The van der Waals surface area contributed by atoms with Gasteiger partial charge >= 0.3 is 0 Å². The summed E-state index contributed by atoms with van der Waals surface area (Å²) >= 11 is 3.36. The molecule has 1 aliphatic heterocycles. The van der Waals surface area contributed by atoms with Crippen molar-refractivity contribution in [3.8, 4) is 5.75 Å². The Kier molecular flexibility index (Phi) is 4.21. The minimum Gasteiger partial charge on any atom is -0.491 e. The third kappa shape index (κ3) is 3.20. The molecule has 0 radical (unpaired) electrons. The molecule has 0 bridgehead atoms. The monoisotopic (exact) mass is 286 g/mol. The van der Waals surface area contributed by atoms with Crippen LogP contribution in [0.25, 0.3) is 0 Å². The number of halogens is 1. The summed E-state index contributed by atoms with van der Waals surface area (Å²) in [6.45, 7) is 1.72. The van der Waals surface area contributed by atoms with Gasteiger partial charge in [-0.2, -0.15) is 0 Å². The minimum atomic E-state index is -0.439. The van der Waals surface area contributed by atoms with E-state index in [1.807, 2.05) is 24.3 Å². The van der Waals surface area contributed by atoms with Gasteiger partial charge in [-0.25, -0.2) is 0 Å². The van der Waals surface area contributed by atoms with Crippen molar-refractivity contribution in [2.75, 3.05) is 19.8 Å². The Labute approximate surface area is 104 Å². The Morgan fingerprint density at radius 1 is 1.44 bits per heavy atom. The van der Waals surface area contributed by atoms with Crippen molar-refractivity contribution in [3.63, 3.8) is 0 Å². The first kappa shape index (κ1) is 11.9. The fourth-order valence-corrected chi connectivity index (χ4v) is 1.97. The van der Waals surface area contributed by atoms with Gasteiger partial charge in [0.2, 0.25) is 0 Å². The molecule has 2 rings (SSSR count). The molecule has 0 spiro atoms. The molecule has 1 saturated heterocycles. The van der Waals surface area contributed by atoms with Gasteiger partial charge in [-0.3, -0.25) is 0 Å². The first-order valence-corrected chi connectivity index (χ1v) is 6.19. The van der Waals surface area contributed by atoms with Gasteiger partial charge in [0, 0.05) is 17.0 Å². The van der Waals surface area contributed by atoms with E-state index in [9.17, 15) is 5.11 Å². The summed E-state index contributed by atoms with van der Waals surface area (Å²) in [6, 6.07) is 7.59. The van der Waals surface area contributed by atoms with Gasteiger partial charge in [0.15, 0.2) is 0 Å². The highest BCUT2D eigenvalue weighted by Gasteiger charge is 2.24. The lowest BCUT2D eigenvalue weighted by Crippen LogP contribution is -2.27. The number of benzene rings is 1. The smallest absolute Gasteiger partial charge is 0.119 e. The van der Waals surface area contributed by atoms with E-state index in [0.717, 1.165) is 23.2 Å². The number of hydrogen-bond donors (Lipinski definition) is 1. The van der Waals surface area contributed by atoms with Crippen LogP contribution < -0.4 is 4.74 Å². The second-order valence-corrected chi connectivity index (χ2v) is 4.87. The molecule has 0 aliphatic carbocycles. The second kappa shape index (κ2) is 5.66. The van der Waals surface area contributed by atoms with Gasteiger partial charge < -0.3 is 14.6 Å². The van der Waals surface area contributed by atoms with Crippen molar-refractivity contribution >= 4 is 15.9 Å². The number of ether oxygens (including phenoxy) is 2. The van der Waals surface area contributed by atoms with Crippen molar-refractivity contribution in [2.45, 2.75) is 12.5 Å². The largest absolute Gasteiger partial charge is 0.491 e. The topological polar surface area (TPSA) is 38.7 Å². The molecule has 88 valence electrons. The Balaban J connectivity index is 1.80. The summed E-state index contributed by atoms with van der Waals surface area (Å²) < 4.78 is 11.8. The number of hydrogen-bond acceptors (Lipinski definition) is 3. The summed E-state index contributed by atoms with van der Waals surface area (Å²) in [5, 5.41) is 9.85. The quantitative estimate of drug-likeness (QED) is 0.923. The average Bonchev–Trinajstić information content (AvgIpc) is 2.81. The van der Waals surface area contributed by atoms with E-state index in [-0.39, 0.29) is 5.92 Å². The van der Waals surface area contributed by atoms with Gasteiger partial charge in [-0.1, -0.05) is 15.9 Å². The molecule has 0 amide bonds. The van der Waals surface area contributed by atoms with Gasteiger partial charge in [0.25, 0.3) is 0 Å². The molecule has 3 nitrogen and oxygen atoms in total. The van der Waals surface area contributed by atoms with Crippen molar-refractivity contribution in [1.29, 1.82) is 0 Å². The number of aliphatic hydroxyl groups is 1.